The standard InChI is InChI=1S/C13H28N4O2S.HI/c1-13(2,19-5)10-16-12(14-7-8-20-6)15-9-11(18)17(3)4;/h7-10H2,1-6H3,(H2,14,15,16);1H. The smallest absolute Gasteiger partial charge is 0.243 e. The quantitative estimate of drug-likeness (QED) is 0.260. The fourth-order valence-electron chi connectivity index (χ4n) is 1.10. The van der Waals surface area contributed by atoms with Gasteiger partial charge in [-0.2, -0.15) is 11.8 Å². The fraction of sp³-hybridized carbons (Fsp3) is 0.846. The number of methoxy groups -OCH3 is 1. The van der Waals surface area contributed by atoms with Crippen molar-refractivity contribution in [2.75, 3.05) is 52.8 Å². The Bertz CT molecular complexity index is 325. The molecule has 0 aromatic rings. The first-order valence-electron chi connectivity index (χ1n) is 6.59. The van der Waals surface area contributed by atoms with Gasteiger partial charge in [0.25, 0.3) is 0 Å². The summed E-state index contributed by atoms with van der Waals surface area (Å²) in [6.07, 6.45) is 2.05. The summed E-state index contributed by atoms with van der Waals surface area (Å²) in [5, 5.41) is 6.40. The van der Waals surface area contributed by atoms with E-state index < -0.39 is 0 Å². The average molecular weight is 432 g/mol. The number of amides is 1. The lowest BCUT2D eigenvalue weighted by Gasteiger charge is -2.24. The largest absolute Gasteiger partial charge is 0.377 e. The first kappa shape index (κ1) is 23.1. The summed E-state index contributed by atoms with van der Waals surface area (Å²) in [7, 11) is 5.12. The number of ether oxygens (including phenoxy) is 1. The highest BCUT2D eigenvalue weighted by Crippen LogP contribution is 2.04. The van der Waals surface area contributed by atoms with E-state index in [-0.39, 0.29) is 42.0 Å². The molecule has 0 unspecified atom stereocenters. The lowest BCUT2D eigenvalue weighted by atomic mass is 10.1. The summed E-state index contributed by atoms with van der Waals surface area (Å²) in [6, 6.07) is 0. The molecule has 2 N–H and O–H groups in total. The maximum absolute atomic E-state index is 11.6. The molecule has 0 rings (SSSR count). The van der Waals surface area contributed by atoms with E-state index in [0.29, 0.717) is 12.5 Å². The number of carbonyl (C=O) groups is 1. The van der Waals surface area contributed by atoms with Crippen molar-refractivity contribution < 1.29 is 9.53 Å². The van der Waals surface area contributed by atoms with Crippen LogP contribution in [0.5, 0.6) is 0 Å². The van der Waals surface area contributed by atoms with E-state index in [1.165, 1.54) is 4.90 Å². The van der Waals surface area contributed by atoms with Crippen molar-refractivity contribution in [1.29, 1.82) is 0 Å². The lowest BCUT2D eigenvalue weighted by Crippen LogP contribution is -2.46. The summed E-state index contributed by atoms with van der Waals surface area (Å²) in [5.74, 6) is 1.59. The average Bonchev–Trinajstić information content (AvgIpc) is 2.40. The molecule has 1 amide bonds. The van der Waals surface area contributed by atoms with Crippen LogP contribution in [0, 0.1) is 0 Å². The molecule has 0 fully saturated rings. The lowest BCUT2D eigenvalue weighted by molar-refractivity contribution is -0.127. The molecule has 0 radical (unpaired) electrons. The van der Waals surface area contributed by atoms with Gasteiger partial charge in [-0.05, 0) is 20.1 Å². The van der Waals surface area contributed by atoms with Crippen LogP contribution in [0.1, 0.15) is 13.8 Å². The maximum atomic E-state index is 11.6. The van der Waals surface area contributed by atoms with E-state index >= 15 is 0 Å². The Hall–Kier alpha value is -0.220. The first-order valence-corrected chi connectivity index (χ1v) is 7.98. The molecule has 0 spiro atoms. The molecule has 0 heterocycles. The van der Waals surface area contributed by atoms with Crippen LogP contribution in [-0.4, -0.2) is 75.2 Å². The number of hydrogen-bond donors (Lipinski definition) is 2. The van der Waals surface area contributed by atoms with Gasteiger partial charge in [0.2, 0.25) is 5.91 Å². The normalized spacial score (nSPS) is 11.6. The number of thioether (sulfide) groups is 1. The van der Waals surface area contributed by atoms with Gasteiger partial charge in [0, 0.05) is 40.0 Å². The Morgan fingerprint density at radius 3 is 2.43 bits per heavy atom. The van der Waals surface area contributed by atoms with Crippen LogP contribution in [0.15, 0.2) is 4.99 Å². The molecule has 0 aliphatic heterocycles. The van der Waals surface area contributed by atoms with Crippen LogP contribution in [0.3, 0.4) is 0 Å². The van der Waals surface area contributed by atoms with E-state index in [9.17, 15) is 4.79 Å². The van der Waals surface area contributed by atoms with E-state index in [4.69, 9.17) is 4.74 Å². The number of guanidine groups is 1. The van der Waals surface area contributed by atoms with E-state index in [1.54, 1.807) is 33.0 Å². The summed E-state index contributed by atoms with van der Waals surface area (Å²) >= 11 is 1.76. The Balaban J connectivity index is 0. The number of carbonyl (C=O) groups excluding carboxylic acids is 1. The second-order valence-corrected chi connectivity index (χ2v) is 6.18. The Morgan fingerprint density at radius 1 is 1.33 bits per heavy atom. The number of aliphatic imine (C=N–C) groups is 1. The third-order valence-electron chi connectivity index (χ3n) is 2.70. The number of halogens is 1. The molecule has 0 saturated carbocycles. The monoisotopic (exact) mass is 432 g/mol. The topological polar surface area (TPSA) is 66.0 Å². The molecule has 0 saturated heterocycles. The van der Waals surface area contributed by atoms with Crippen molar-refractivity contribution in [2.45, 2.75) is 19.4 Å². The SMILES string of the molecule is COC(C)(C)CNC(=NCC(=O)N(C)C)NCCSC.I. The van der Waals surface area contributed by atoms with Crippen LogP contribution in [0.2, 0.25) is 0 Å². The maximum Gasteiger partial charge on any atom is 0.243 e. The zero-order valence-corrected chi connectivity index (χ0v) is 17.0. The van der Waals surface area contributed by atoms with Crippen molar-refractivity contribution in [2.24, 2.45) is 4.99 Å². The molecule has 8 heteroatoms. The van der Waals surface area contributed by atoms with Crippen molar-refractivity contribution >= 4 is 47.6 Å². The predicted octanol–water partition coefficient (Wildman–Crippen LogP) is 1.02. The third kappa shape index (κ3) is 12.0. The highest BCUT2D eigenvalue weighted by molar-refractivity contribution is 14.0. The molecular formula is C13H29IN4O2S. The Labute approximate surface area is 149 Å². The molecule has 126 valence electrons. The van der Waals surface area contributed by atoms with Crippen molar-refractivity contribution in [3.05, 3.63) is 0 Å². The molecule has 0 aliphatic rings. The summed E-state index contributed by atoms with van der Waals surface area (Å²) < 4.78 is 5.35. The van der Waals surface area contributed by atoms with Gasteiger partial charge in [-0.25, -0.2) is 4.99 Å². The van der Waals surface area contributed by atoms with Gasteiger partial charge in [0.1, 0.15) is 6.54 Å². The molecule has 0 atom stereocenters. The second kappa shape index (κ2) is 12.3. The number of nitrogens with one attached hydrogen (secondary N) is 2. The van der Waals surface area contributed by atoms with Crippen LogP contribution in [-0.2, 0) is 9.53 Å². The summed E-state index contributed by atoms with van der Waals surface area (Å²) in [4.78, 5) is 17.4. The minimum atomic E-state index is -0.284. The van der Waals surface area contributed by atoms with Crippen LogP contribution in [0.25, 0.3) is 0 Å². The molecular weight excluding hydrogens is 403 g/mol. The summed E-state index contributed by atoms with van der Waals surface area (Å²) in [5.41, 5.74) is -0.284. The van der Waals surface area contributed by atoms with Crippen molar-refractivity contribution in [3.63, 3.8) is 0 Å². The zero-order chi connectivity index (χ0) is 15.6. The molecule has 0 aromatic carbocycles. The Kier molecular flexibility index (Phi) is 13.5. The second-order valence-electron chi connectivity index (χ2n) is 5.19. The minimum Gasteiger partial charge on any atom is -0.377 e. The third-order valence-corrected chi connectivity index (χ3v) is 3.32. The molecule has 6 nitrogen and oxygen atoms in total. The minimum absolute atomic E-state index is 0. The van der Waals surface area contributed by atoms with Gasteiger partial charge < -0.3 is 20.3 Å². The number of rotatable bonds is 8. The molecule has 0 bridgehead atoms. The van der Waals surface area contributed by atoms with E-state index in [0.717, 1.165) is 12.3 Å². The highest BCUT2D eigenvalue weighted by atomic mass is 127. The van der Waals surface area contributed by atoms with Gasteiger partial charge in [-0.15, -0.1) is 24.0 Å². The van der Waals surface area contributed by atoms with Gasteiger partial charge in [0.05, 0.1) is 5.60 Å². The van der Waals surface area contributed by atoms with Gasteiger partial charge in [-0.3, -0.25) is 4.79 Å². The van der Waals surface area contributed by atoms with Crippen molar-refractivity contribution in [1.82, 2.24) is 15.5 Å². The number of likely N-dealkylation sites (N-methyl/N-ethyl adjacent to an activating group) is 1. The zero-order valence-electron chi connectivity index (χ0n) is 13.9. The van der Waals surface area contributed by atoms with Crippen LogP contribution in [0.4, 0.5) is 0 Å². The van der Waals surface area contributed by atoms with Crippen LogP contribution >= 0.6 is 35.7 Å². The van der Waals surface area contributed by atoms with Crippen molar-refractivity contribution in [3.8, 4) is 0 Å². The number of hydrogen-bond acceptors (Lipinski definition) is 4. The molecule has 0 aromatic heterocycles. The van der Waals surface area contributed by atoms with E-state index in [1.807, 2.05) is 13.8 Å². The Morgan fingerprint density at radius 2 is 1.95 bits per heavy atom. The number of nitrogens with zero attached hydrogens (tertiary/aromatic N) is 2. The molecule has 21 heavy (non-hydrogen) atoms. The van der Waals surface area contributed by atoms with Gasteiger partial charge >= 0.3 is 0 Å². The van der Waals surface area contributed by atoms with E-state index in [2.05, 4.69) is 21.9 Å². The highest BCUT2D eigenvalue weighted by Gasteiger charge is 2.16. The fourth-order valence-corrected chi connectivity index (χ4v) is 1.41. The first-order chi connectivity index (χ1) is 9.32. The summed E-state index contributed by atoms with van der Waals surface area (Å²) in [6.45, 7) is 5.53. The molecule has 0 aliphatic carbocycles. The van der Waals surface area contributed by atoms with Crippen LogP contribution < -0.4 is 10.6 Å². The predicted molar refractivity (Wildman–Crippen MR) is 102 cm³/mol. The van der Waals surface area contributed by atoms with Gasteiger partial charge in [0.15, 0.2) is 5.96 Å². The van der Waals surface area contributed by atoms with Gasteiger partial charge in [-0.1, -0.05) is 0 Å².